The molecule has 0 aliphatic carbocycles. The number of aryl methyl sites for hydroxylation is 2. The first kappa shape index (κ1) is 19.3. The number of nitrogens with zero attached hydrogens (tertiary/aromatic N) is 2. The Bertz CT molecular complexity index is 925. The Morgan fingerprint density at radius 1 is 1.19 bits per heavy atom. The highest BCUT2D eigenvalue weighted by Gasteiger charge is 2.11. The summed E-state index contributed by atoms with van der Waals surface area (Å²) in [6, 6.07) is 13.0. The molecule has 1 N–H and O–H groups in total. The minimum atomic E-state index is -0.142. The van der Waals surface area contributed by atoms with Crippen LogP contribution in [0.3, 0.4) is 0 Å². The third-order valence-corrected chi connectivity index (χ3v) is 4.60. The number of halogens is 1. The third-order valence-electron chi connectivity index (χ3n) is 3.47. The molecule has 0 aliphatic heterocycles. The number of carbonyl (C=O) groups excluding carboxylic acids is 1. The number of benzene rings is 2. The number of carbonyl (C=O) groups is 1. The predicted octanol–water partition coefficient (Wildman–Crippen LogP) is 4.65. The highest BCUT2D eigenvalue weighted by molar-refractivity contribution is 7.99. The maximum atomic E-state index is 12.1. The molecule has 0 saturated carbocycles. The van der Waals surface area contributed by atoms with Crippen molar-refractivity contribution >= 4 is 35.0 Å². The van der Waals surface area contributed by atoms with Crippen LogP contribution in [0.1, 0.15) is 17.0 Å². The molecule has 1 heterocycles. The molecule has 3 rings (SSSR count). The van der Waals surface area contributed by atoms with E-state index >= 15 is 0 Å². The fourth-order valence-electron chi connectivity index (χ4n) is 2.43. The summed E-state index contributed by atoms with van der Waals surface area (Å²) >= 11 is 7.19. The Morgan fingerprint density at radius 2 is 1.93 bits per heavy atom. The molecule has 1 amide bonds. The average Bonchev–Trinajstić information content (AvgIpc) is 3.06. The van der Waals surface area contributed by atoms with Crippen LogP contribution in [0.2, 0.25) is 5.02 Å². The van der Waals surface area contributed by atoms with Gasteiger partial charge in [-0.2, -0.15) is 0 Å². The van der Waals surface area contributed by atoms with E-state index < -0.39 is 0 Å². The molecule has 2 aromatic carbocycles. The topological polar surface area (TPSA) is 77.2 Å². The van der Waals surface area contributed by atoms with Gasteiger partial charge in [-0.05, 0) is 49.2 Å². The summed E-state index contributed by atoms with van der Waals surface area (Å²) in [7, 11) is 0. The van der Waals surface area contributed by atoms with Crippen LogP contribution >= 0.6 is 23.4 Å². The molecule has 6 nitrogen and oxygen atoms in total. The largest absolute Gasteiger partial charge is 0.482 e. The molecule has 0 saturated heterocycles. The molecule has 0 spiro atoms. The van der Waals surface area contributed by atoms with Crippen LogP contribution in [-0.2, 0) is 11.4 Å². The smallest absolute Gasteiger partial charge is 0.277 e. The van der Waals surface area contributed by atoms with Gasteiger partial charge >= 0.3 is 0 Å². The Morgan fingerprint density at radius 3 is 2.67 bits per heavy atom. The van der Waals surface area contributed by atoms with E-state index in [-0.39, 0.29) is 18.3 Å². The van der Waals surface area contributed by atoms with E-state index in [0.29, 0.717) is 21.9 Å². The fourth-order valence-corrected chi connectivity index (χ4v) is 3.20. The second kappa shape index (κ2) is 8.92. The van der Waals surface area contributed by atoms with Gasteiger partial charge in [0.05, 0.1) is 10.8 Å². The van der Waals surface area contributed by atoms with Crippen LogP contribution in [0.25, 0.3) is 0 Å². The summed E-state index contributed by atoms with van der Waals surface area (Å²) in [6.07, 6.45) is 0. The average molecular weight is 404 g/mol. The van der Waals surface area contributed by atoms with Gasteiger partial charge in [0, 0.05) is 5.69 Å². The predicted molar refractivity (Wildman–Crippen MR) is 105 cm³/mol. The molecule has 0 radical (unpaired) electrons. The van der Waals surface area contributed by atoms with Gasteiger partial charge in [-0.25, -0.2) is 0 Å². The maximum Gasteiger partial charge on any atom is 0.277 e. The lowest BCUT2D eigenvalue weighted by Gasteiger charge is -2.06. The molecule has 1 aromatic heterocycles. The number of thioether (sulfide) groups is 1. The van der Waals surface area contributed by atoms with Crippen molar-refractivity contribution in [2.24, 2.45) is 0 Å². The summed E-state index contributed by atoms with van der Waals surface area (Å²) in [5.74, 6) is 0.878. The minimum absolute atomic E-state index is 0.103. The maximum absolute atomic E-state index is 12.1. The van der Waals surface area contributed by atoms with Gasteiger partial charge in [0.2, 0.25) is 5.91 Å². The van der Waals surface area contributed by atoms with Gasteiger partial charge in [-0.1, -0.05) is 41.6 Å². The van der Waals surface area contributed by atoms with Crippen LogP contribution < -0.4 is 10.1 Å². The van der Waals surface area contributed by atoms with Crippen molar-refractivity contribution < 1.29 is 13.9 Å². The summed E-state index contributed by atoms with van der Waals surface area (Å²) in [4.78, 5) is 12.1. The van der Waals surface area contributed by atoms with Gasteiger partial charge in [0.1, 0.15) is 5.75 Å². The van der Waals surface area contributed by atoms with Crippen molar-refractivity contribution in [2.45, 2.75) is 25.7 Å². The first-order chi connectivity index (χ1) is 13.0. The van der Waals surface area contributed by atoms with E-state index in [1.54, 1.807) is 12.1 Å². The van der Waals surface area contributed by atoms with E-state index in [4.69, 9.17) is 20.8 Å². The standard InChI is InChI=1S/C19H18ClN3O3S/c1-12-7-13(2)9-14(8-12)21-17(24)11-27-19-23-22-18(26-19)10-25-16-6-4-3-5-15(16)20/h3-9H,10-11H2,1-2H3,(H,21,24). The molecule has 0 fully saturated rings. The lowest BCUT2D eigenvalue weighted by Crippen LogP contribution is -2.14. The van der Waals surface area contributed by atoms with E-state index in [1.165, 1.54) is 11.8 Å². The van der Waals surface area contributed by atoms with Crippen LogP contribution in [0.4, 0.5) is 5.69 Å². The number of ether oxygens (including phenoxy) is 1. The van der Waals surface area contributed by atoms with Crippen LogP contribution in [-0.4, -0.2) is 21.9 Å². The number of para-hydroxylation sites is 1. The van der Waals surface area contributed by atoms with Crippen molar-refractivity contribution in [3.63, 3.8) is 0 Å². The molecule has 0 aliphatic rings. The Labute approximate surface area is 166 Å². The zero-order valence-electron chi connectivity index (χ0n) is 14.9. The third kappa shape index (κ3) is 5.74. The van der Waals surface area contributed by atoms with E-state index in [2.05, 4.69) is 21.6 Å². The molecular formula is C19H18ClN3O3S. The number of hydrogen-bond donors (Lipinski definition) is 1. The second-order valence-electron chi connectivity index (χ2n) is 5.89. The van der Waals surface area contributed by atoms with E-state index in [9.17, 15) is 4.79 Å². The summed E-state index contributed by atoms with van der Waals surface area (Å²) in [5, 5.41) is 11.5. The summed E-state index contributed by atoms with van der Waals surface area (Å²) in [6.45, 7) is 4.08. The van der Waals surface area contributed by atoms with Crippen LogP contribution in [0.5, 0.6) is 5.75 Å². The highest BCUT2D eigenvalue weighted by Crippen LogP contribution is 2.24. The van der Waals surface area contributed by atoms with Crippen molar-refractivity contribution in [3.8, 4) is 5.75 Å². The number of hydrogen-bond acceptors (Lipinski definition) is 6. The van der Waals surface area contributed by atoms with Gasteiger partial charge in [0.25, 0.3) is 11.1 Å². The SMILES string of the molecule is Cc1cc(C)cc(NC(=O)CSc2nnc(COc3ccccc3Cl)o2)c1. The molecule has 0 atom stereocenters. The Balaban J connectivity index is 1.49. The molecule has 8 heteroatoms. The second-order valence-corrected chi connectivity index (χ2v) is 7.23. The van der Waals surface area contributed by atoms with Gasteiger partial charge in [-0.3, -0.25) is 4.79 Å². The fraction of sp³-hybridized carbons (Fsp3) is 0.211. The number of anilines is 1. The first-order valence-electron chi connectivity index (χ1n) is 8.20. The van der Waals surface area contributed by atoms with E-state index in [1.807, 2.05) is 38.1 Å². The van der Waals surface area contributed by atoms with Crippen LogP contribution in [0.15, 0.2) is 52.1 Å². The van der Waals surface area contributed by atoms with Gasteiger partial charge < -0.3 is 14.5 Å². The van der Waals surface area contributed by atoms with Crippen LogP contribution in [0, 0.1) is 13.8 Å². The number of nitrogens with one attached hydrogen (secondary N) is 1. The summed E-state index contributed by atoms with van der Waals surface area (Å²) < 4.78 is 11.0. The quantitative estimate of drug-likeness (QED) is 0.578. The van der Waals surface area contributed by atoms with Crippen molar-refractivity contribution in [1.29, 1.82) is 0 Å². The first-order valence-corrected chi connectivity index (χ1v) is 9.56. The molecule has 27 heavy (non-hydrogen) atoms. The monoisotopic (exact) mass is 403 g/mol. The normalized spacial score (nSPS) is 10.6. The molecular weight excluding hydrogens is 386 g/mol. The van der Waals surface area contributed by atoms with Crippen molar-refractivity contribution in [2.75, 3.05) is 11.1 Å². The molecule has 0 unspecified atom stereocenters. The number of amides is 1. The molecule has 140 valence electrons. The molecule has 3 aromatic rings. The van der Waals surface area contributed by atoms with E-state index in [0.717, 1.165) is 16.8 Å². The molecule has 0 bridgehead atoms. The number of aromatic nitrogens is 2. The Kier molecular flexibility index (Phi) is 6.36. The van der Waals surface area contributed by atoms with Crippen molar-refractivity contribution in [1.82, 2.24) is 10.2 Å². The Hall–Kier alpha value is -2.51. The lowest BCUT2D eigenvalue weighted by molar-refractivity contribution is -0.113. The van der Waals surface area contributed by atoms with Gasteiger partial charge in [0.15, 0.2) is 6.61 Å². The highest BCUT2D eigenvalue weighted by atomic mass is 35.5. The van der Waals surface area contributed by atoms with Crippen molar-refractivity contribution in [3.05, 3.63) is 64.5 Å². The van der Waals surface area contributed by atoms with Gasteiger partial charge in [-0.15, -0.1) is 10.2 Å². The lowest BCUT2D eigenvalue weighted by atomic mass is 10.1. The number of rotatable bonds is 7. The summed E-state index contributed by atoms with van der Waals surface area (Å²) in [5.41, 5.74) is 2.97. The zero-order chi connectivity index (χ0) is 19.2. The minimum Gasteiger partial charge on any atom is -0.482 e. The zero-order valence-corrected chi connectivity index (χ0v) is 16.4.